The van der Waals surface area contributed by atoms with Crippen LogP contribution in [-0.2, 0) is 14.8 Å². The van der Waals surface area contributed by atoms with Gasteiger partial charge < -0.3 is 5.11 Å². The maximum Gasteiger partial charge on any atom is 0.304 e. The Morgan fingerprint density at radius 3 is 2.33 bits per heavy atom. The number of carboxylic acid groups (broad SMARTS) is 1. The summed E-state index contributed by atoms with van der Waals surface area (Å²) < 4.78 is 52.8. The molecule has 0 aliphatic heterocycles. The second-order valence-corrected chi connectivity index (χ2v) is 7.39. The fraction of sp³-hybridized carbons (Fsp3) is 0.462. The smallest absolute Gasteiger partial charge is 0.304 e. The van der Waals surface area contributed by atoms with Crippen molar-refractivity contribution in [1.82, 2.24) is 4.72 Å². The number of benzene rings is 1. The summed E-state index contributed by atoms with van der Waals surface area (Å²) in [4.78, 5) is 10.1. The molecule has 1 atom stereocenters. The first-order valence-electron chi connectivity index (χ1n) is 6.12. The van der Waals surface area contributed by atoms with E-state index in [2.05, 4.69) is 4.72 Å². The zero-order valence-electron chi connectivity index (χ0n) is 11.9. The minimum Gasteiger partial charge on any atom is -0.481 e. The van der Waals surface area contributed by atoms with Crippen LogP contribution in [0.15, 0.2) is 23.1 Å². The van der Waals surface area contributed by atoms with E-state index in [0.717, 1.165) is 12.1 Å². The Labute approximate surface area is 122 Å². The minimum absolute atomic E-state index is 0.453. The summed E-state index contributed by atoms with van der Waals surface area (Å²) in [5, 5.41) is 8.85. The molecule has 0 saturated carbocycles. The van der Waals surface area contributed by atoms with Gasteiger partial charge in [-0.05, 0) is 17.5 Å². The summed E-state index contributed by atoms with van der Waals surface area (Å²) >= 11 is 0. The highest BCUT2D eigenvalue weighted by Crippen LogP contribution is 2.25. The van der Waals surface area contributed by atoms with Crippen LogP contribution in [0, 0.1) is 17.0 Å². The third-order valence-corrected chi connectivity index (χ3v) is 4.41. The molecule has 0 heterocycles. The molecule has 0 amide bonds. The Kier molecular flexibility index (Phi) is 5.06. The fourth-order valence-corrected chi connectivity index (χ4v) is 3.14. The second-order valence-electron chi connectivity index (χ2n) is 5.71. The van der Waals surface area contributed by atoms with Gasteiger partial charge in [0, 0.05) is 12.1 Å². The van der Waals surface area contributed by atoms with E-state index in [1.807, 2.05) is 0 Å². The van der Waals surface area contributed by atoms with Gasteiger partial charge in [0.25, 0.3) is 0 Å². The number of sulfonamides is 1. The average Bonchev–Trinajstić information content (AvgIpc) is 2.24. The third-order valence-electron chi connectivity index (χ3n) is 2.90. The van der Waals surface area contributed by atoms with Gasteiger partial charge >= 0.3 is 5.97 Å². The van der Waals surface area contributed by atoms with Gasteiger partial charge in [-0.15, -0.1) is 0 Å². The number of aliphatic carboxylic acids is 1. The molecule has 21 heavy (non-hydrogen) atoms. The lowest BCUT2D eigenvalue weighted by atomic mass is 9.85. The maximum atomic E-state index is 13.6. The summed E-state index contributed by atoms with van der Waals surface area (Å²) in [6, 6.07) is 1.14. The molecule has 2 N–H and O–H groups in total. The fourth-order valence-electron chi connectivity index (χ4n) is 1.64. The Bertz CT molecular complexity index is 638. The van der Waals surface area contributed by atoms with Crippen molar-refractivity contribution in [2.45, 2.75) is 38.1 Å². The predicted octanol–water partition coefficient (Wildman–Crippen LogP) is 2.13. The van der Waals surface area contributed by atoms with Gasteiger partial charge in [-0.3, -0.25) is 4.79 Å². The van der Waals surface area contributed by atoms with E-state index in [9.17, 15) is 22.0 Å². The molecular weight excluding hydrogens is 304 g/mol. The van der Waals surface area contributed by atoms with Crippen molar-refractivity contribution in [3.63, 3.8) is 0 Å². The molecule has 1 aromatic rings. The number of hydrogen-bond donors (Lipinski definition) is 2. The van der Waals surface area contributed by atoms with Crippen molar-refractivity contribution in [2.75, 3.05) is 0 Å². The van der Waals surface area contributed by atoms with Crippen LogP contribution in [0.3, 0.4) is 0 Å². The molecule has 8 heteroatoms. The number of carboxylic acids is 1. The maximum absolute atomic E-state index is 13.6. The predicted molar refractivity (Wildman–Crippen MR) is 72.2 cm³/mol. The first-order chi connectivity index (χ1) is 9.43. The SMILES string of the molecule is CC(C)(C)C(CC(=O)O)NS(=O)(=O)c1ccc(F)cc1F. The standard InChI is InChI=1S/C13H17F2NO4S/c1-13(2,3)11(7-12(17)18)16-21(19,20)10-5-4-8(14)6-9(10)15/h4-6,11,16H,7H2,1-3H3,(H,17,18). The molecule has 0 radical (unpaired) electrons. The minimum atomic E-state index is -4.29. The summed E-state index contributed by atoms with van der Waals surface area (Å²) in [6.07, 6.45) is -0.453. The van der Waals surface area contributed by atoms with Gasteiger partial charge in [0.05, 0.1) is 6.42 Å². The van der Waals surface area contributed by atoms with Gasteiger partial charge in [0.2, 0.25) is 10.0 Å². The molecule has 0 saturated heterocycles. The molecule has 5 nitrogen and oxygen atoms in total. The van der Waals surface area contributed by atoms with E-state index < -0.39 is 50.4 Å². The quantitative estimate of drug-likeness (QED) is 0.870. The van der Waals surface area contributed by atoms with Crippen LogP contribution in [0.4, 0.5) is 8.78 Å². The van der Waals surface area contributed by atoms with Crippen LogP contribution >= 0.6 is 0 Å². The molecule has 0 aliphatic rings. The lowest BCUT2D eigenvalue weighted by molar-refractivity contribution is -0.138. The highest BCUT2D eigenvalue weighted by atomic mass is 32.2. The normalized spacial score (nSPS) is 14.0. The number of halogens is 2. The van der Waals surface area contributed by atoms with Crippen LogP contribution in [0.2, 0.25) is 0 Å². The second kappa shape index (κ2) is 6.07. The summed E-state index contributed by atoms with van der Waals surface area (Å²) in [5.74, 6) is -3.31. The van der Waals surface area contributed by atoms with Crippen molar-refractivity contribution < 1.29 is 27.1 Å². The van der Waals surface area contributed by atoms with Crippen LogP contribution < -0.4 is 4.72 Å². The lowest BCUT2D eigenvalue weighted by Crippen LogP contribution is -2.45. The molecule has 1 unspecified atom stereocenters. The monoisotopic (exact) mass is 321 g/mol. The topological polar surface area (TPSA) is 83.5 Å². The van der Waals surface area contributed by atoms with Crippen molar-refractivity contribution in [3.8, 4) is 0 Å². The van der Waals surface area contributed by atoms with Gasteiger partial charge in [-0.2, -0.15) is 0 Å². The number of nitrogens with one attached hydrogen (secondary N) is 1. The van der Waals surface area contributed by atoms with E-state index in [1.54, 1.807) is 20.8 Å². The molecule has 1 rings (SSSR count). The van der Waals surface area contributed by atoms with Gasteiger partial charge in [0.1, 0.15) is 16.5 Å². The van der Waals surface area contributed by atoms with E-state index in [1.165, 1.54) is 0 Å². The largest absolute Gasteiger partial charge is 0.481 e. The molecule has 1 aromatic carbocycles. The van der Waals surface area contributed by atoms with Crippen molar-refractivity contribution in [2.24, 2.45) is 5.41 Å². The number of carbonyl (C=O) groups is 1. The van der Waals surface area contributed by atoms with Crippen LogP contribution in [0.1, 0.15) is 27.2 Å². The first-order valence-corrected chi connectivity index (χ1v) is 7.61. The highest BCUT2D eigenvalue weighted by molar-refractivity contribution is 7.89. The van der Waals surface area contributed by atoms with E-state index >= 15 is 0 Å². The van der Waals surface area contributed by atoms with Crippen molar-refractivity contribution in [1.29, 1.82) is 0 Å². The van der Waals surface area contributed by atoms with Gasteiger partial charge in [-0.25, -0.2) is 21.9 Å². The molecule has 0 aliphatic carbocycles. The molecule has 0 spiro atoms. The molecule has 0 bridgehead atoms. The zero-order chi connectivity index (χ0) is 16.4. The van der Waals surface area contributed by atoms with E-state index in [4.69, 9.17) is 5.11 Å². The Morgan fingerprint density at radius 1 is 1.33 bits per heavy atom. The molecule has 0 aromatic heterocycles. The van der Waals surface area contributed by atoms with E-state index in [0.29, 0.717) is 6.07 Å². The van der Waals surface area contributed by atoms with Crippen LogP contribution in [0.25, 0.3) is 0 Å². The Morgan fingerprint density at radius 2 is 1.90 bits per heavy atom. The molecule has 118 valence electrons. The Balaban J connectivity index is 3.14. The van der Waals surface area contributed by atoms with E-state index in [-0.39, 0.29) is 0 Å². The van der Waals surface area contributed by atoms with Crippen LogP contribution in [0.5, 0.6) is 0 Å². The van der Waals surface area contributed by atoms with Crippen molar-refractivity contribution >= 4 is 16.0 Å². The van der Waals surface area contributed by atoms with Gasteiger partial charge in [0.15, 0.2) is 0 Å². The highest BCUT2D eigenvalue weighted by Gasteiger charge is 2.32. The lowest BCUT2D eigenvalue weighted by Gasteiger charge is -2.30. The molecule has 0 fully saturated rings. The summed E-state index contributed by atoms with van der Waals surface area (Å²) in [7, 11) is -4.29. The van der Waals surface area contributed by atoms with Gasteiger partial charge in [-0.1, -0.05) is 20.8 Å². The summed E-state index contributed by atoms with van der Waals surface area (Å²) in [5.41, 5.74) is -0.692. The Hall–Kier alpha value is -1.54. The molecular formula is C13H17F2NO4S. The zero-order valence-corrected chi connectivity index (χ0v) is 12.7. The van der Waals surface area contributed by atoms with Crippen molar-refractivity contribution in [3.05, 3.63) is 29.8 Å². The third kappa shape index (κ3) is 4.75. The first kappa shape index (κ1) is 17.5. The number of hydrogen-bond acceptors (Lipinski definition) is 3. The number of rotatable bonds is 5. The van der Waals surface area contributed by atoms with Crippen LogP contribution in [-0.4, -0.2) is 25.5 Å². The average molecular weight is 321 g/mol. The summed E-state index contributed by atoms with van der Waals surface area (Å²) in [6.45, 7) is 4.97.